The Labute approximate surface area is 301 Å². The molecule has 0 saturated heterocycles. The summed E-state index contributed by atoms with van der Waals surface area (Å²) in [5, 5.41) is 17.8. The lowest BCUT2D eigenvalue weighted by Gasteiger charge is -2.18. The van der Waals surface area contributed by atoms with Gasteiger partial charge >= 0.3 is 0 Å². The fourth-order valence-electron chi connectivity index (χ4n) is 8.65. The van der Waals surface area contributed by atoms with Crippen LogP contribution in [0.15, 0.2) is 194 Å². The smallest absolute Gasteiger partial charge is 0.00923 e. The number of hydrogen-bond donors (Lipinski definition) is 0. The molecule has 0 heterocycles. The average molecular weight is 657 g/mol. The van der Waals surface area contributed by atoms with Crippen molar-refractivity contribution < 1.29 is 0 Å². The van der Waals surface area contributed by atoms with Gasteiger partial charge in [0.05, 0.1) is 0 Å². The highest BCUT2D eigenvalue weighted by molar-refractivity contribution is 6.25. The molecule has 52 heavy (non-hydrogen) atoms. The summed E-state index contributed by atoms with van der Waals surface area (Å²) in [6.07, 6.45) is 0. The SMILES string of the molecule is c1ccc2cc(-c3cc4c5ccc(-c6cc7ccccc7c7ccccc67)cc5c(-c5ccc6ccccc6c5)cc4c4ccccc34)ccc2c1. The van der Waals surface area contributed by atoms with Crippen molar-refractivity contribution in [2.45, 2.75) is 0 Å². The normalized spacial score (nSPS) is 11.8. The molecular weight excluding hydrogens is 625 g/mol. The maximum atomic E-state index is 2.45. The lowest BCUT2D eigenvalue weighted by atomic mass is 9.85. The molecule has 0 fully saturated rings. The third-order valence-electron chi connectivity index (χ3n) is 11.2. The van der Waals surface area contributed by atoms with Crippen molar-refractivity contribution in [3.8, 4) is 33.4 Å². The Balaban J connectivity index is 1.25. The Morgan fingerprint density at radius 1 is 0.173 bits per heavy atom. The van der Waals surface area contributed by atoms with Gasteiger partial charge in [0.15, 0.2) is 0 Å². The minimum Gasteiger partial charge on any atom is -0.0616 e. The van der Waals surface area contributed by atoms with E-state index in [0.29, 0.717) is 0 Å². The Morgan fingerprint density at radius 2 is 0.558 bits per heavy atom. The summed E-state index contributed by atoms with van der Waals surface area (Å²) in [4.78, 5) is 0. The second kappa shape index (κ2) is 11.4. The zero-order valence-electron chi connectivity index (χ0n) is 28.5. The van der Waals surface area contributed by atoms with Crippen LogP contribution >= 0.6 is 0 Å². The third kappa shape index (κ3) is 4.48. The first-order valence-corrected chi connectivity index (χ1v) is 18.1. The van der Waals surface area contributed by atoms with Crippen LogP contribution in [0.3, 0.4) is 0 Å². The van der Waals surface area contributed by atoms with Gasteiger partial charge in [0.2, 0.25) is 0 Å². The van der Waals surface area contributed by atoms with Gasteiger partial charge < -0.3 is 0 Å². The lowest BCUT2D eigenvalue weighted by Crippen LogP contribution is -1.91. The van der Waals surface area contributed by atoms with Gasteiger partial charge in [0.1, 0.15) is 0 Å². The number of benzene rings is 11. The molecule has 0 heteroatoms. The molecule has 0 atom stereocenters. The second-order valence-corrected chi connectivity index (χ2v) is 14.1. The van der Waals surface area contributed by atoms with E-state index in [4.69, 9.17) is 0 Å². The largest absolute Gasteiger partial charge is 0.0616 e. The molecule has 0 aliphatic heterocycles. The predicted octanol–water partition coefficient (Wildman–Crippen LogP) is 14.8. The van der Waals surface area contributed by atoms with E-state index < -0.39 is 0 Å². The maximum Gasteiger partial charge on any atom is -0.00923 e. The van der Waals surface area contributed by atoms with E-state index in [0.717, 1.165) is 0 Å². The van der Waals surface area contributed by atoms with Crippen LogP contribution in [0.1, 0.15) is 0 Å². The maximum absolute atomic E-state index is 2.45. The molecule has 0 aliphatic carbocycles. The molecule has 11 aromatic carbocycles. The molecule has 0 aromatic heterocycles. The fraction of sp³-hybridized carbons (Fsp3) is 0. The molecule has 0 nitrogen and oxygen atoms in total. The van der Waals surface area contributed by atoms with Gasteiger partial charge in [-0.2, -0.15) is 0 Å². The van der Waals surface area contributed by atoms with Crippen molar-refractivity contribution >= 4 is 75.4 Å². The Kier molecular flexibility index (Phi) is 6.35. The minimum absolute atomic E-state index is 1.23. The van der Waals surface area contributed by atoms with Crippen molar-refractivity contribution in [3.05, 3.63) is 194 Å². The van der Waals surface area contributed by atoms with Crippen LogP contribution in [0, 0.1) is 0 Å². The molecule has 11 aromatic rings. The third-order valence-corrected chi connectivity index (χ3v) is 11.2. The molecule has 0 saturated carbocycles. The van der Waals surface area contributed by atoms with Gasteiger partial charge in [-0.25, -0.2) is 0 Å². The molecule has 0 unspecified atom stereocenters. The summed E-state index contributed by atoms with van der Waals surface area (Å²) in [6.45, 7) is 0. The predicted molar refractivity (Wildman–Crippen MR) is 225 cm³/mol. The summed E-state index contributed by atoms with van der Waals surface area (Å²) in [5.41, 5.74) is 7.47. The van der Waals surface area contributed by atoms with E-state index in [1.54, 1.807) is 0 Å². The molecular formula is C52H32. The summed E-state index contributed by atoms with van der Waals surface area (Å²) >= 11 is 0. The number of hydrogen-bond acceptors (Lipinski definition) is 0. The van der Waals surface area contributed by atoms with Crippen molar-refractivity contribution in [3.63, 3.8) is 0 Å². The zero-order chi connectivity index (χ0) is 34.2. The Hall–Kier alpha value is -6.76. The molecule has 240 valence electrons. The summed E-state index contributed by atoms with van der Waals surface area (Å²) in [5.74, 6) is 0. The van der Waals surface area contributed by atoms with Gasteiger partial charge in [-0.1, -0.05) is 158 Å². The van der Waals surface area contributed by atoms with E-state index in [1.807, 2.05) is 0 Å². The van der Waals surface area contributed by atoms with E-state index in [1.165, 1.54) is 109 Å². The lowest BCUT2D eigenvalue weighted by molar-refractivity contribution is 1.68. The van der Waals surface area contributed by atoms with E-state index in [2.05, 4.69) is 194 Å². The van der Waals surface area contributed by atoms with Gasteiger partial charge in [0.25, 0.3) is 0 Å². The van der Waals surface area contributed by atoms with Crippen LogP contribution < -0.4 is 0 Å². The van der Waals surface area contributed by atoms with Crippen molar-refractivity contribution in [2.24, 2.45) is 0 Å². The fourth-order valence-corrected chi connectivity index (χ4v) is 8.65. The highest BCUT2D eigenvalue weighted by atomic mass is 14.2. The molecule has 11 rings (SSSR count). The van der Waals surface area contributed by atoms with Gasteiger partial charge in [0, 0.05) is 0 Å². The summed E-state index contributed by atoms with van der Waals surface area (Å²) in [6, 6.07) is 72.1. The number of rotatable bonds is 3. The number of fused-ring (bicyclic) bond motifs is 10. The minimum atomic E-state index is 1.23. The highest BCUT2D eigenvalue weighted by Gasteiger charge is 2.17. The van der Waals surface area contributed by atoms with Gasteiger partial charge in [-0.15, -0.1) is 0 Å². The first kappa shape index (κ1) is 29.0. The van der Waals surface area contributed by atoms with Gasteiger partial charge in [-0.3, -0.25) is 0 Å². The summed E-state index contributed by atoms with van der Waals surface area (Å²) in [7, 11) is 0. The van der Waals surface area contributed by atoms with E-state index in [9.17, 15) is 0 Å². The van der Waals surface area contributed by atoms with Crippen molar-refractivity contribution in [1.29, 1.82) is 0 Å². The van der Waals surface area contributed by atoms with Crippen LogP contribution in [0.4, 0.5) is 0 Å². The van der Waals surface area contributed by atoms with Crippen molar-refractivity contribution in [1.82, 2.24) is 0 Å². The molecule has 0 N–H and O–H groups in total. The zero-order valence-corrected chi connectivity index (χ0v) is 28.5. The molecule has 0 spiro atoms. The summed E-state index contributed by atoms with van der Waals surface area (Å²) < 4.78 is 0. The van der Waals surface area contributed by atoms with Crippen LogP contribution in [-0.2, 0) is 0 Å². The standard InChI is InChI=1S/C52H32/c1-3-13-35-27-38(23-21-33(35)11-1)48-31-52-46-26-25-40(47-29-37-15-5-6-16-41(37)42-17-7-8-18-43(42)47)30-50(46)49(32-51(52)45-20-10-9-19-44(45)48)39-24-22-34-12-2-4-14-36(34)28-39/h1-32H. The molecule has 0 radical (unpaired) electrons. The van der Waals surface area contributed by atoms with Crippen molar-refractivity contribution in [2.75, 3.05) is 0 Å². The monoisotopic (exact) mass is 656 g/mol. The molecule has 0 amide bonds. The van der Waals surface area contributed by atoms with E-state index in [-0.39, 0.29) is 0 Å². The average Bonchev–Trinajstić information content (AvgIpc) is 3.22. The van der Waals surface area contributed by atoms with Crippen LogP contribution in [-0.4, -0.2) is 0 Å². The van der Waals surface area contributed by atoms with E-state index >= 15 is 0 Å². The molecule has 0 aliphatic rings. The van der Waals surface area contributed by atoms with Crippen LogP contribution in [0.25, 0.3) is 109 Å². The van der Waals surface area contributed by atoms with Crippen LogP contribution in [0.2, 0.25) is 0 Å². The Bertz CT molecular complexity index is 3240. The Morgan fingerprint density at radius 3 is 1.15 bits per heavy atom. The second-order valence-electron chi connectivity index (χ2n) is 14.1. The topological polar surface area (TPSA) is 0 Å². The first-order chi connectivity index (χ1) is 25.8. The van der Waals surface area contributed by atoms with Crippen LogP contribution in [0.5, 0.6) is 0 Å². The highest BCUT2D eigenvalue weighted by Crippen LogP contribution is 2.44. The molecule has 0 bridgehead atoms. The van der Waals surface area contributed by atoms with Gasteiger partial charge in [-0.05, 0) is 145 Å². The first-order valence-electron chi connectivity index (χ1n) is 18.1. The quantitative estimate of drug-likeness (QED) is 0.166.